The topological polar surface area (TPSA) is 41.6 Å². The van der Waals surface area contributed by atoms with Crippen molar-refractivity contribution in [2.24, 2.45) is 0 Å². The van der Waals surface area contributed by atoms with Crippen LogP contribution in [-0.4, -0.2) is 35.8 Å². The van der Waals surface area contributed by atoms with Crippen LogP contribution < -0.4 is 5.32 Å². The summed E-state index contributed by atoms with van der Waals surface area (Å²) in [7, 11) is 0. The van der Waals surface area contributed by atoms with Gasteiger partial charge in [-0.2, -0.15) is 0 Å². The van der Waals surface area contributed by atoms with Crippen molar-refractivity contribution >= 4 is 23.4 Å². The number of unbranched alkanes of at least 4 members (excludes halogenated alkanes) is 1. The van der Waals surface area contributed by atoms with E-state index in [-0.39, 0.29) is 6.09 Å². The number of hydrogen-bond donors (Lipinski definition) is 1. The zero-order valence-electron chi connectivity index (χ0n) is 7.71. The smallest absolute Gasteiger partial charge is 0.416 e. The van der Waals surface area contributed by atoms with Gasteiger partial charge >= 0.3 is 6.09 Å². The minimum atomic E-state index is -0.330. The highest BCUT2D eigenvalue weighted by Crippen LogP contribution is 2.01. The number of carbonyl (C=O) groups excluding carboxylic acids is 1. The Balaban J connectivity index is 2.26. The molecule has 1 fully saturated rings. The van der Waals surface area contributed by atoms with Gasteiger partial charge in [0.25, 0.3) is 0 Å². The van der Waals surface area contributed by atoms with Crippen LogP contribution in [0.15, 0.2) is 0 Å². The molecule has 0 aromatic rings. The molecule has 5 heteroatoms. The number of nitrogens with one attached hydrogen (secondary N) is 1. The van der Waals surface area contributed by atoms with Gasteiger partial charge in [-0.25, -0.2) is 4.79 Å². The summed E-state index contributed by atoms with van der Waals surface area (Å²) in [6, 6.07) is 0. The van der Waals surface area contributed by atoms with Crippen molar-refractivity contribution in [1.82, 2.24) is 10.2 Å². The molecule has 0 saturated carbocycles. The highest BCUT2D eigenvalue weighted by atomic mass is 32.1. The van der Waals surface area contributed by atoms with E-state index in [4.69, 9.17) is 17.0 Å². The predicted molar refractivity (Wildman–Crippen MR) is 53.6 cm³/mol. The quantitative estimate of drug-likeness (QED) is 0.550. The lowest BCUT2D eigenvalue weighted by Gasteiger charge is -2.13. The second kappa shape index (κ2) is 5.01. The molecule has 0 aromatic heterocycles. The highest BCUT2D eigenvalue weighted by Gasteiger charge is 2.23. The summed E-state index contributed by atoms with van der Waals surface area (Å²) < 4.78 is 5.00. The maximum atomic E-state index is 11.3. The molecule has 13 heavy (non-hydrogen) atoms. The molecule has 1 N–H and O–H groups in total. The summed E-state index contributed by atoms with van der Waals surface area (Å²) >= 11 is 4.91. The van der Waals surface area contributed by atoms with Crippen LogP contribution in [0.1, 0.15) is 19.8 Å². The molecule has 1 heterocycles. The van der Waals surface area contributed by atoms with Crippen molar-refractivity contribution in [1.29, 1.82) is 0 Å². The average Bonchev–Trinajstić information content (AvgIpc) is 2.52. The van der Waals surface area contributed by atoms with Crippen molar-refractivity contribution in [3.05, 3.63) is 0 Å². The number of hydrogen-bond acceptors (Lipinski definition) is 3. The van der Waals surface area contributed by atoms with Gasteiger partial charge in [-0.05, 0) is 18.6 Å². The first-order valence-electron chi connectivity index (χ1n) is 4.48. The van der Waals surface area contributed by atoms with Gasteiger partial charge in [0.2, 0.25) is 0 Å². The molecule has 0 aliphatic carbocycles. The van der Waals surface area contributed by atoms with E-state index < -0.39 is 0 Å². The molecule has 1 aliphatic heterocycles. The van der Waals surface area contributed by atoms with Gasteiger partial charge in [-0.15, -0.1) is 0 Å². The molecule has 1 amide bonds. The van der Waals surface area contributed by atoms with Crippen molar-refractivity contribution < 1.29 is 9.53 Å². The first kappa shape index (κ1) is 10.2. The predicted octanol–water partition coefficient (Wildman–Crippen LogP) is 1.11. The summed E-state index contributed by atoms with van der Waals surface area (Å²) in [5.74, 6) is 0. The molecule has 0 unspecified atom stereocenters. The second-order valence-corrected chi connectivity index (χ2v) is 3.24. The van der Waals surface area contributed by atoms with Gasteiger partial charge in [0, 0.05) is 13.1 Å². The molecule has 0 atom stereocenters. The largest absolute Gasteiger partial charge is 0.449 e. The van der Waals surface area contributed by atoms with Gasteiger partial charge in [-0.3, -0.25) is 4.90 Å². The van der Waals surface area contributed by atoms with Crippen molar-refractivity contribution in [3.8, 4) is 0 Å². The molecular formula is C8H14N2O2S. The lowest BCUT2D eigenvalue weighted by molar-refractivity contribution is 0.124. The van der Waals surface area contributed by atoms with Crippen LogP contribution in [0.25, 0.3) is 0 Å². The van der Waals surface area contributed by atoms with Gasteiger partial charge in [0.05, 0.1) is 6.61 Å². The molecular weight excluding hydrogens is 188 g/mol. The molecule has 1 rings (SSSR count). The SMILES string of the molecule is CCCCOC(=O)N1CCNC1=S. The van der Waals surface area contributed by atoms with E-state index in [0.717, 1.165) is 19.4 Å². The summed E-state index contributed by atoms with van der Waals surface area (Å²) in [5.41, 5.74) is 0. The number of nitrogens with zero attached hydrogens (tertiary/aromatic N) is 1. The molecule has 0 aromatic carbocycles. The number of ether oxygens (including phenoxy) is 1. The molecule has 0 bridgehead atoms. The zero-order valence-corrected chi connectivity index (χ0v) is 8.52. The van der Waals surface area contributed by atoms with E-state index in [9.17, 15) is 4.79 Å². The standard InChI is InChI=1S/C8H14N2O2S/c1-2-3-6-12-8(11)10-5-4-9-7(10)13/h2-6H2,1H3,(H,9,13). The first-order valence-corrected chi connectivity index (χ1v) is 4.88. The minimum Gasteiger partial charge on any atom is -0.449 e. The Bertz CT molecular complexity index is 208. The Hall–Kier alpha value is -0.840. The fourth-order valence-corrected chi connectivity index (χ4v) is 1.30. The van der Waals surface area contributed by atoms with E-state index in [1.807, 2.05) is 0 Å². The fraction of sp³-hybridized carbons (Fsp3) is 0.750. The maximum Gasteiger partial charge on any atom is 0.416 e. The molecule has 1 saturated heterocycles. The third-order valence-corrected chi connectivity index (χ3v) is 2.17. The third kappa shape index (κ3) is 2.84. The summed E-state index contributed by atoms with van der Waals surface area (Å²) in [6.07, 6.45) is 1.60. The lowest BCUT2D eigenvalue weighted by atomic mass is 10.4. The summed E-state index contributed by atoms with van der Waals surface area (Å²) in [4.78, 5) is 12.8. The monoisotopic (exact) mass is 202 g/mol. The summed E-state index contributed by atoms with van der Waals surface area (Å²) in [6.45, 7) is 3.87. The van der Waals surface area contributed by atoms with Crippen LogP contribution in [0.4, 0.5) is 4.79 Å². The van der Waals surface area contributed by atoms with Gasteiger partial charge in [0.15, 0.2) is 5.11 Å². The average molecular weight is 202 g/mol. The third-order valence-electron chi connectivity index (χ3n) is 1.80. The minimum absolute atomic E-state index is 0.330. The van der Waals surface area contributed by atoms with Crippen LogP contribution in [-0.2, 0) is 4.74 Å². The fourth-order valence-electron chi connectivity index (χ4n) is 1.03. The van der Waals surface area contributed by atoms with Gasteiger partial charge < -0.3 is 10.1 Å². The van der Waals surface area contributed by atoms with Gasteiger partial charge in [-0.1, -0.05) is 13.3 Å². The molecule has 4 nitrogen and oxygen atoms in total. The van der Waals surface area contributed by atoms with E-state index >= 15 is 0 Å². The number of thiocarbonyl (C=S) groups is 1. The maximum absolute atomic E-state index is 11.3. The highest BCUT2D eigenvalue weighted by molar-refractivity contribution is 7.80. The molecule has 74 valence electrons. The van der Waals surface area contributed by atoms with E-state index in [2.05, 4.69) is 12.2 Å². The molecule has 0 radical (unpaired) electrons. The van der Waals surface area contributed by atoms with E-state index in [0.29, 0.717) is 18.3 Å². The summed E-state index contributed by atoms with van der Waals surface area (Å²) in [5, 5.41) is 3.37. The Morgan fingerprint density at radius 2 is 2.54 bits per heavy atom. The van der Waals surface area contributed by atoms with Crippen molar-refractivity contribution in [2.75, 3.05) is 19.7 Å². The number of amides is 1. The van der Waals surface area contributed by atoms with E-state index in [1.165, 1.54) is 4.90 Å². The number of carbonyl (C=O) groups is 1. The Morgan fingerprint density at radius 3 is 3.08 bits per heavy atom. The van der Waals surface area contributed by atoms with E-state index in [1.54, 1.807) is 0 Å². The van der Waals surface area contributed by atoms with Crippen LogP contribution in [0, 0.1) is 0 Å². The normalized spacial score (nSPS) is 15.8. The van der Waals surface area contributed by atoms with Gasteiger partial charge in [0.1, 0.15) is 0 Å². The Kier molecular flexibility index (Phi) is 3.95. The molecule has 1 aliphatic rings. The Labute approximate surface area is 83.2 Å². The van der Waals surface area contributed by atoms with Crippen LogP contribution in [0.3, 0.4) is 0 Å². The van der Waals surface area contributed by atoms with Crippen LogP contribution in [0.2, 0.25) is 0 Å². The van der Waals surface area contributed by atoms with Crippen molar-refractivity contribution in [3.63, 3.8) is 0 Å². The lowest BCUT2D eigenvalue weighted by Crippen LogP contribution is -2.34. The van der Waals surface area contributed by atoms with Crippen LogP contribution >= 0.6 is 12.2 Å². The second-order valence-electron chi connectivity index (χ2n) is 2.85. The molecule has 0 spiro atoms. The number of rotatable bonds is 3. The Morgan fingerprint density at radius 1 is 1.77 bits per heavy atom. The van der Waals surface area contributed by atoms with Crippen molar-refractivity contribution in [2.45, 2.75) is 19.8 Å². The first-order chi connectivity index (χ1) is 6.25. The zero-order chi connectivity index (χ0) is 9.68. The van der Waals surface area contributed by atoms with Crippen LogP contribution in [0.5, 0.6) is 0 Å².